The molecule has 0 bridgehead atoms. The first-order valence-electron chi connectivity index (χ1n) is 9.71. The number of benzene rings is 1. The lowest BCUT2D eigenvalue weighted by atomic mass is 9.91. The SMILES string of the molecule is CC(=O)N[C@H]1CC[C@H](Nc2ncc3ncnc(Nc4ccc(F)c(Cl)c4)c3n2)CC1. The zero-order valence-electron chi connectivity index (χ0n) is 16.3. The lowest BCUT2D eigenvalue weighted by molar-refractivity contribution is -0.119. The number of hydrogen-bond donors (Lipinski definition) is 3. The molecule has 3 N–H and O–H groups in total. The molecule has 0 unspecified atom stereocenters. The zero-order valence-corrected chi connectivity index (χ0v) is 17.1. The van der Waals surface area contributed by atoms with Crippen molar-refractivity contribution >= 4 is 46.0 Å². The Hall–Kier alpha value is -3.07. The molecule has 0 atom stereocenters. The van der Waals surface area contributed by atoms with Gasteiger partial charge in [0.25, 0.3) is 0 Å². The summed E-state index contributed by atoms with van der Waals surface area (Å²) in [6.07, 6.45) is 6.69. The highest BCUT2D eigenvalue weighted by atomic mass is 35.5. The van der Waals surface area contributed by atoms with Crippen LogP contribution in [0, 0.1) is 5.82 Å². The third-order valence-electron chi connectivity index (χ3n) is 5.03. The average molecular weight is 430 g/mol. The molecule has 2 aromatic heterocycles. The highest BCUT2D eigenvalue weighted by Gasteiger charge is 2.22. The Morgan fingerprint density at radius 1 is 1.13 bits per heavy atom. The summed E-state index contributed by atoms with van der Waals surface area (Å²) < 4.78 is 13.4. The molecule has 0 aliphatic heterocycles. The van der Waals surface area contributed by atoms with Crippen LogP contribution in [0.15, 0.2) is 30.7 Å². The monoisotopic (exact) mass is 429 g/mol. The molecule has 1 aliphatic carbocycles. The van der Waals surface area contributed by atoms with E-state index in [9.17, 15) is 9.18 Å². The summed E-state index contributed by atoms with van der Waals surface area (Å²) in [5.41, 5.74) is 1.72. The maximum absolute atomic E-state index is 13.4. The number of hydrogen-bond acceptors (Lipinski definition) is 7. The number of anilines is 3. The summed E-state index contributed by atoms with van der Waals surface area (Å²) in [6.45, 7) is 1.54. The minimum atomic E-state index is -0.489. The molecule has 1 amide bonds. The first kappa shape index (κ1) is 20.2. The van der Waals surface area contributed by atoms with E-state index < -0.39 is 5.82 Å². The van der Waals surface area contributed by atoms with Gasteiger partial charge in [-0.3, -0.25) is 4.79 Å². The molecule has 1 aromatic carbocycles. The summed E-state index contributed by atoms with van der Waals surface area (Å²) in [4.78, 5) is 28.6. The topological polar surface area (TPSA) is 105 Å². The Morgan fingerprint density at radius 3 is 2.63 bits per heavy atom. The Kier molecular flexibility index (Phi) is 5.89. The number of amides is 1. The molecule has 1 aliphatic rings. The first-order chi connectivity index (χ1) is 14.5. The van der Waals surface area contributed by atoms with E-state index >= 15 is 0 Å². The molecule has 0 radical (unpaired) electrons. The lowest BCUT2D eigenvalue weighted by Gasteiger charge is -2.29. The van der Waals surface area contributed by atoms with Gasteiger partial charge in [-0.15, -0.1) is 0 Å². The van der Waals surface area contributed by atoms with E-state index in [2.05, 4.69) is 35.9 Å². The van der Waals surface area contributed by atoms with Crippen LogP contribution < -0.4 is 16.0 Å². The second-order valence-electron chi connectivity index (χ2n) is 7.30. The maximum atomic E-state index is 13.4. The summed E-state index contributed by atoms with van der Waals surface area (Å²) in [5.74, 6) is 0.478. The van der Waals surface area contributed by atoms with Crippen molar-refractivity contribution in [3.63, 3.8) is 0 Å². The molecule has 0 spiro atoms. The highest BCUT2D eigenvalue weighted by molar-refractivity contribution is 6.31. The van der Waals surface area contributed by atoms with Crippen LogP contribution in [0.2, 0.25) is 5.02 Å². The number of aromatic nitrogens is 4. The van der Waals surface area contributed by atoms with Gasteiger partial charge in [0.2, 0.25) is 11.9 Å². The van der Waals surface area contributed by atoms with Gasteiger partial charge in [0.1, 0.15) is 23.2 Å². The molecule has 30 heavy (non-hydrogen) atoms. The van der Waals surface area contributed by atoms with Gasteiger partial charge < -0.3 is 16.0 Å². The summed E-state index contributed by atoms with van der Waals surface area (Å²) in [5, 5.41) is 9.47. The number of carbonyl (C=O) groups excluding carboxylic acids is 1. The molecular weight excluding hydrogens is 409 g/mol. The largest absolute Gasteiger partial charge is 0.354 e. The van der Waals surface area contributed by atoms with Gasteiger partial charge in [-0.2, -0.15) is 0 Å². The van der Waals surface area contributed by atoms with Gasteiger partial charge in [-0.25, -0.2) is 24.3 Å². The van der Waals surface area contributed by atoms with Crippen molar-refractivity contribution in [2.24, 2.45) is 0 Å². The average Bonchev–Trinajstić information content (AvgIpc) is 2.72. The Morgan fingerprint density at radius 2 is 1.90 bits per heavy atom. The Labute approximate surface area is 177 Å². The van der Waals surface area contributed by atoms with E-state index in [1.54, 1.807) is 19.2 Å². The highest BCUT2D eigenvalue weighted by Crippen LogP contribution is 2.26. The minimum absolute atomic E-state index is 0.00624. The quantitative estimate of drug-likeness (QED) is 0.566. The number of rotatable bonds is 5. The molecule has 4 rings (SSSR count). The van der Waals surface area contributed by atoms with Gasteiger partial charge in [0.05, 0.1) is 11.2 Å². The van der Waals surface area contributed by atoms with Crippen molar-refractivity contribution in [2.45, 2.75) is 44.7 Å². The van der Waals surface area contributed by atoms with Gasteiger partial charge in [0, 0.05) is 24.7 Å². The minimum Gasteiger partial charge on any atom is -0.354 e. The van der Waals surface area contributed by atoms with Crippen molar-refractivity contribution in [3.8, 4) is 0 Å². The summed E-state index contributed by atoms with van der Waals surface area (Å²) in [6, 6.07) is 4.80. The third kappa shape index (κ3) is 4.73. The number of nitrogens with one attached hydrogen (secondary N) is 3. The van der Waals surface area contributed by atoms with Crippen molar-refractivity contribution in [2.75, 3.05) is 10.6 Å². The lowest BCUT2D eigenvalue weighted by Crippen LogP contribution is -2.39. The van der Waals surface area contributed by atoms with Crippen molar-refractivity contribution < 1.29 is 9.18 Å². The molecule has 0 saturated heterocycles. The van der Waals surface area contributed by atoms with E-state index in [1.807, 2.05) is 0 Å². The van der Waals surface area contributed by atoms with Gasteiger partial charge in [0.15, 0.2) is 5.82 Å². The van der Waals surface area contributed by atoms with E-state index in [0.29, 0.717) is 28.5 Å². The smallest absolute Gasteiger partial charge is 0.223 e. The van der Waals surface area contributed by atoms with E-state index in [0.717, 1.165) is 25.7 Å². The molecule has 3 aromatic rings. The molecular formula is C20H21ClFN7O. The van der Waals surface area contributed by atoms with Crippen LogP contribution in [0.3, 0.4) is 0 Å². The third-order valence-corrected chi connectivity index (χ3v) is 5.32. The Bertz CT molecular complexity index is 1070. The maximum Gasteiger partial charge on any atom is 0.223 e. The second kappa shape index (κ2) is 8.74. The fourth-order valence-corrected chi connectivity index (χ4v) is 3.76. The van der Waals surface area contributed by atoms with Crippen LogP contribution in [-0.2, 0) is 4.79 Å². The van der Waals surface area contributed by atoms with Crippen LogP contribution in [0.25, 0.3) is 11.0 Å². The molecule has 1 saturated carbocycles. The van der Waals surface area contributed by atoms with E-state index in [1.165, 1.54) is 18.5 Å². The van der Waals surface area contributed by atoms with Crippen LogP contribution in [0.5, 0.6) is 0 Å². The van der Waals surface area contributed by atoms with E-state index in [-0.39, 0.29) is 23.0 Å². The van der Waals surface area contributed by atoms with Gasteiger partial charge in [-0.05, 0) is 43.9 Å². The van der Waals surface area contributed by atoms with Gasteiger partial charge in [-0.1, -0.05) is 11.6 Å². The van der Waals surface area contributed by atoms with Crippen molar-refractivity contribution in [1.82, 2.24) is 25.3 Å². The standard InChI is InChI=1S/C20H21ClFN7O/c1-11(30)26-12-2-4-13(5-3-12)28-20-23-9-17-18(29-20)19(25-10-24-17)27-14-6-7-16(22)15(21)8-14/h6-10,12-13H,2-5H2,1H3,(H,26,30)(H,23,28,29)(H,24,25,27)/t12-,13-. The van der Waals surface area contributed by atoms with Gasteiger partial charge >= 0.3 is 0 Å². The summed E-state index contributed by atoms with van der Waals surface area (Å²) in [7, 11) is 0. The Balaban J connectivity index is 1.50. The fourth-order valence-electron chi connectivity index (χ4n) is 3.58. The van der Waals surface area contributed by atoms with Crippen molar-refractivity contribution in [1.29, 1.82) is 0 Å². The number of nitrogens with zero attached hydrogens (tertiary/aromatic N) is 4. The van der Waals surface area contributed by atoms with Crippen molar-refractivity contribution in [3.05, 3.63) is 41.6 Å². The van der Waals surface area contributed by atoms with Crippen LogP contribution in [0.4, 0.5) is 21.8 Å². The number of fused-ring (bicyclic) bond motifs is 1. The first-order valence-corrected chi connectivity index (χ1v) is 10.1. The molecule has 8 nitrogen and oxygen atoms in total. The molecule has 2 heterocycles. The summed E-state index contributed by atoms with van der Waals surface area (Å²) >= 11 is 5.86. The van der Waals surface area contributed by atoms with Crippen LogP contribution >= 0.6 is 11.6 Å². The second-order valence-corrected chi connectivity index (χ2v) is 7.70. The predicted molar refractivity (Wildman–Crippen MR) is 113 cm³/mol. The molecule has 156 valence electrons. The zero-order chi connectivity index (χ0) is 21.1. The fraction of sp³-hybridized carbons (Fsp3) is 0.350. The normalized spacial score (nSPS) is 18.8. The van der Waals surface area contributed by atoms with Crippen LogP contribution in [0.1, 0.15) is 32.6 Å². The molecule has 1 fully saturated rings. The number of halogens is 2. The number of carbonyl (C=O) groups is 1. The van der Waals surface area contributed by atoms with E-state index in [4.69, 9.17) is 11.6 Å². The predicted octanol–water partition coefficient (Wildman–Crippen LogP) is 3.82. The van der Waals surface area contributed by atoms with Crippen LogP contribution in [-0.4, -0.2) is 37.9 Å². The molecule has 10 heteroatoms.